The van der Waals surface area contributed by atoms with Gasteiger partial charge in [0, 0.05) is 0 Å². The quantitative estimate of drug-likeness (QED) is 0.724. The summed E-state index contributed by atoms with van der Waals surface area (Å²) in [6.45, 7) is 13.2. The maximum atomic E-state index is 8.91. The van der Waals surface area contributed by atoms with E-state index in [0.29, 0.717) is 5.56 Å². The van der Waals surface area contributed by atoms with E-state index in [-0.39, 0.29) is 46.4 Å². The van der Waals surface area contributed by atoms with Gasteiger partial charge in [-0.2, -0.15) is 0 Å². The van der Waals surface area contributed by atoms with E-state index in [2.05, 4.69) is 0 Å². The third kappa shape index (κ3) is 2.81. The van der Waals surface area contributed by atoms with Gasteiger partial charge in [-0.1, -0.05) is 57.0 Å². The maximum Gasteiger partial charge on any atom is 0.494 e. The van der Waals surface area contributed by atoms with Crippen molar-refractivity contribution >= 4 is 23.4 Å². The van der Waals surface area contributed by atoms with Crippen molar-refractivity contribution in [2.75, 3.05) is 0 Å². The highest BCUT2D eigenvalue weighted by Crippen LogP contribution is 2.37. The summed E-state index contributed by atoms with van der Waals surface area (Å²) in [6, 6.07) is -1.40. The molecule has 3 rings (SSSR count). The maximum absolute atomic E-state index is 8.91. The molecule has 2 aromatic carbocycles. The number of fused-ring (bicyclic) bond motifs is 1. The molecule has 2 aromatic rings. The minimum atomic E-state index is -0.969. The number of hydrogen-bond donors (Lipinski definition) is 0. The molecular weight excluding hydrogens is 283 g/mol. The molecule has 0 spiro atoms. The lowest BCUT2D eigenvalue weighted by Gasteiger charge is -2.32. The Bertz CT molecular complexity index is 1010. The Morgan fingerprint density at radius 3 is 2.09 bits per heavy atom. The lowest BCUT2D eigenvalue weighted by atomic mass is 9.73. The van der Waals surface area contributed by atoms with Crippen LogP contribution < -0.4 is 5.46 Å². The fourth-order valence-electron chi connectivity index (χ4n) is 2.60. The summed E-state index contributed by atoms with van der Waals surface area (Å²) in [4.78, 5) is 0. The zero-order valence-electron chi connectivity index (χ0n) is 20.9. The van der Waals surface area contributed by atoms with Crippen LogP contribution in [-0.2, 0) is 14.7 Å². The minimum absolute atomic E-state index is 0.0264. The van der Waals surface area contributed by atoms with Crippen LogP contribution in [0, 0.1) is 0 Å². The van der Waals surface area contributed by atoms with Crippen molar-refractivity contribution in [2.24, 2.45) is 0 Å². The van der Waals surface area contributed by atoms with Gasteiger partial charge in [-0.15, -0.1) is 0 Å². The van der Waals surface area contributed by atoms with Crippen LogP contribution >= 0.6 is 0 Å². The summed E-state index contributed by atoms with van der Waals surface area (Å²) in [7, 11) is -0.969. The second-order valence-corrected chi connectivity index (χ2v) is 8.13. The molecule has 1 heterocycles. The fraction of sp³-hybridized carbons (Fsp3) is 0.500. The predicted molar refractivity (Wildman–Crippen MR) is 98.4 cm³/mol. The van der Waals surface area contributed by atoms with Crippen molar-refractivity contribution in [1.82, 2.24) is 0 Å². The van der Waals surface area contributed by atoms with Crippen LogP contribution in [0.3, 0.4) is 0 Å². The molecule has 122 valence electrons. The summed E-state index contributed by atoms with van der Waals surface area (Å²) < 4.78 is 62.8. The van der Waals surface area contributed by atoms with Crippen LogP contribution in [0.5, 0.6) is 0 Å². The lowest BCUT2D eigenvalue weighted by molar-refractivity contribution is 0.00578. The molecule has 0 atom stereocenters. The molecule has 3 heteroatoms. The summed E-state index contributed by atoms with van der Waals surface area (Å²) in [5.41, 5.74) is -1.27. The van der Waals surface area contributed by atoms with E-state index >= 15 is 0 Å². The molecule has 0 amide bonds. The van der Waals surface area contributed by atoms with E-state index in [1.165, 1.54) is 0 Å². The molecule has 1 aliphatic rings. The predicted octanol–water partition coefficient (Wildman–Crippen LogP) is 4.44. The SMILES string of the molecule is [2H]c1c([2H])c([2H])c2c(C(C)(C)C)c([2H])c(B3OC(C)(C)C(C)(C)O3)c([2H])c2c1[2H]. The topological polar surface area (TPSA) is 18.5 Å². The van der Waals surface area contributed by atoms with Crippen molar-refractivity contribution in [1.29, 1.82) is 0 Å². The second-order valence-electron chi connectivity index (χ2n) is 8.13. The lowest BCUT2D eigenvalue weighted by Crippen LogP contribution is -2.41. The first-order valence-corrected chi connectivity index (χ1v) is 7.92. The summed E-state index contributed by atoms with van der Waals surface area (Å²) in [5.74, 6) is 0. The molecular formula is C20H27BO2. The third-order valence-electron chi connectivity index (χ3n) is 4.70. The molecule has 0 saturated carbocycles. The average Bonchev–Trinajstić information content (AvgIpc) is 2.76. The fourth-order valence-corrected chi connectivity index (χ4v) is 2.60. The van der Waals surface area contributed by atoms with Gasteiger partial charge in [0.15, 0.2) is 0 Å². The van der Waals surface area contributed by atoms with Crippen molar-refractivity contribution in [3.8, 4) is 0 Å². The van der Waals surface area contributed by atoms with Gasteiger partial charge in [-0.25, -0.2) is 0 Å². The van der Waals surface area contributed by atoms with Gasteiger partial charge in [0.2, 0.25) is 0 Å². The van der Waals surface area contributed by atoms with Crippen LogP contribution in [0.15, 0.2) is 36.3 Å². The molecule has 0 N–H and O–H groups in total. The van der Waals surface area contributed by atoms with E-state index in [0.717, 1.165) is 0 Å². The van der Waals surface area contributed by atoms with E-state index in [4.69, 9.17) is 17.5 Å². The van der Waals surface area contributed by atoms with E-state index in [1.54, 1.807) is 0 Å². The molecule has 1 fully saturated rings. The highest BCUT2D eigenvalue weighted by molar-refractivity contribution is 6.62. The van der Waals surface area contributed by atoms with Crippen LogP contribution in [0.1, 0.15) is 62.3 Å². The van der Waals surface area contributed by atoms with Crippen LogP contribution in [0.4, 0.5) is 0 Å². The highest BCUT2D eigenvalue weighted by Gasteiger charge is 2.51. The molecule has 0 radical (unpaired) electrons. The summed E-state index contributed by atoms with van der Waals surface area (Å²) >= 11 is 0. The molecule has 0 aromatic heterocycles. The van der Waals surface area contributed by atoms with Crippen molar-refractivity contribution in [3.05, 3.63) is 41.8 Å². The highest BCUT2D eigenvalue weighted by atomic mass is 16.7. The van der Waals surface area contributed by atoms with Gasteiger partial charge in [0.25, 0.3) is 0 Å². The van der Waals surface area contributed by atoms with Crippen molar-refractivity contribution in [2.45, 2.75) is 65.1 Å². The van der Waals surface area contributed by atoms with Gasteiger partial charge >= 0.3 is 7.12 Å². The van der Waals surface area contributed by atoms with Crippen LogP contribution in [0.2, 0.25) is 0 Å². The molecule has 2 nitrogen and oxygen atoms in total. The summed E-state index contributed by atoms with van der Waals surface area (Å²) in [5, 5.41) is 0.320. The number of hydrogen-bond acceptors (Lipinski definition) is 2. The first kappa shape index (κ1) is 10.5. The van der Waals surface area contributed by atoms with E-state index in [1.807, 2.05) is 48.5 Å². The summed E-state index contributed by atoms with van der Waals surface area (Å²) in [6.07, 6.45) is 0. The van der Waals surface area contributed by atoms with Gasteiger partial charge in [0.05, 0.1) is 19.4 Å². The Morgan fingerprint density at radius 1 is 0.957 bits per heavy atom. The van der Waals surface area contributed by atoms with Crippen LogP contribution in [-0.4, -0.2) is 18.3 Å². The van der Waals surface area contributed by atoms with E-state index < -0.39 is 29.8 Å². The van der Waals surface area contributed by atoms with Crippen molar-refractivity contribution in [3.63, 3.8) is 0 Å². The molecule has 0 unspecified atom stereocenters. The first-order chi connectivity index (χ1) is 13.0. The first-order valence-electron chi connectivity index (χ1n) is 10.9. The zero-order valence-corrected chi connectivity index (χ0v) is 14.9. The monoisotopic (exact) mass is 316 g/mol. The molecule has 0 aliphatic carbocycles. The third-order valence-corrected chi connectivity index (χ3v) is 4.70. The number of benzene rings is 2. The standard InChI is InChI=1S/C20H27BO2/c1-18(2,3)17-13-15(12-14-10-8-9-11-16(14)17)21-22-19(4,5)20(6,7)23-21/h8-13H,1-7H3/i8D,9D,10D,11D,12D,13D. The average molecular weight is 316 g/mol. The molecule has 0 bridgehead atoms. The smallest absolute Gasteiger partial charge is 0.399 e. The van der Waals surface area contributed by atoms with Gasteiger partial charge in [-0.3, -0.25) is 0 Å². The normalized spacial score (nSPS) is 23.9. The van der Waals surface area contributed by atoms with Gasteiger partial charge < -0.3 is 9.31 Å². The van der Waals surface area contributed by atoms with Gasteiger partial charge in [-0.05, 0) is 54.9 Å². The second kappa shape index (κ2) is 5.09. The Balaban J connectivity index is 2.49. The Morgan fingerprint density at radius 2 is 1.52 bits per heavy atom. The molecule has 1 aliphatic heterocycles. The molecule has 23 heavy (non-hydrogen) atoms. The largest absolute Gasteiger partial charge is 0.494 e. The Labute approximate surface area is 148 Å². The van der Waals surface area contributed by atoms with Gasteiger partial charge in [0.1, 0.15) is 0 Å². The Hall–Kier alpha value is -1.32. The van der Waals surface area contributed by atoms with Crippen molar-refractivity contribution < 1.29 is 17.5 Å². The van der Waals surface area contributed by atoms with Crippen LogP contribution in [0.25, 0.3) is 10.8 Å². The molecule has 1 saturated heterocycles. The van der Waals surface area contributed by atoms with E-state index in [9.17, 15) is 0 Å². The zero-order chi connectivity index (χ0) is 22.3. The number of rotatable bonds is 1. The minimum Gasteiger partial charge on any atom is -0.399 e. The Kier molecular flexibility index (Phi) is 2.33.